The van der Waals surface area contributed by atoms with Crippen LogP contribution in [-0.4, -0.2) is 33.9 Å². The van der Waals surface area contributed by atoms with Crippen molar-refractivity contribution in [3.8, 4) is 0 Å². The minimum absolute atomic E-state index is 0.0660. The quantitative estimate of drug-likeness (QED) is 0.760. The molecule has 1 aromatic heterocycles. The molecule has 21 heavy (non-hydrogen) atoms. The van der Waals surface area contributed by atoms with Gasteiger partial charge in [0.1, 0.15) is 0 Å². The predicted molar refractivity (Wildman–Crippen MR) is 87.7 cm³/mol. The van der Waals surface area contributed by atoms with Crippen LogP contribution in [0, 0.1) is 5.92 Å². The molecule has 1 atom stereocenters. The summed E-state index contributed by atoms with van der Waals surface area (Å²) >= 11 is 1.65. The number of nitrogens with one attached hydrogen (secondary N) is 1. The number of hydrogen-bond acceptors (Lipinski definition) is 4. The van der Waals surface area contributed by atoms with E-state index in [1.165, 1.54) is 0 Å². The van der Waals surface area contributed by atoms with Gasteiger partial charge in [0.05, 0.1) is 5.03 Å². The zero-order valence-electron chi connectivity index (χ0n) is 13.3. The van der Waals surface area contributed by atoms with Crippen LogP contribution < -0.4 is 5.32 Å². The second kappa shape index (κ2) is 8.39. The molecule has 0 aliphatic heterocycles. The third-order valence-electron chi connectivity index (χ3n) is 3.07. The Morgan fingerprint density at radius 2 is 2.19 bits per heavy atom. The molecule has 1 unspecified atom stereocenters. The van der Waals surface area contributed by atoms with E-state index in [4.69, 9.17) is 5.11 Å². The number of nitrogens with zero attached hydrogens (tertiary/aromatic N) is 1. The molecule has 1 amide bonds. The molecule has 1 rings (SSSR count). The largest absolute Gasteiger partial charge is 0.396 e. The van der Waals surface area contributed by atoms with Crippen molar-refractivity contribution >= 4 is 17.7 Å². The van der Waals surface area contributed by atoms with Crippen LogP contribution >= 0.6 is 11.8 Å². The van der Waals surface area contributed by atoms with E-state index in [-0.39, 0.29) is 17.3 Å². The normalized spacial score (nSPS) is 13.0. The Hall–Kier alpha value is -1.07. The van der Waals surface area contributed by atoms with Crippen LogP contribution in [-0.2, 0) is 0 Å². The summed E-state index contributed by atoms with van der Waals surface area (Å²) in [5.74, 6) is 0.244. The van der Waals surface area contributed by atoms with Crippen molar-refractivity contribution in [2.75, 3.05) is 13.2 Å². The number of amides is 1. The summed E-state index contributed by atoms with van der Waals surface area (Å²) < 4.78 is 0.0660. The fourth-order valence-electron chi connectivity index (χ4n) is 1.89. The van der Waals surface area contributed by atoms with Crippen LogP contribution in [0.5, 0.6) is 0 Å². The van der Waals surface area contributed by atoms with Gasteiger partial charge in [-0.05, 0) is 24.5 Å². The van der Waals surface area contributed by atoms with Crippen molar-refractivity contribution in [3.05, 3.63) is 23.9 Å². The van der Waals surface area contributed by atoms with E-state index >= 15 is 0 Å². The van der Waals surface area contributed by atoms with Gasteiger partial charge in [-0.2, -0.15) is 0 Å². The highest BCUT2D eigenvalue weighted by molar-refractivity contribution is 8.00. The molecule has 0 saturated heterocycles. The Morgan fingerprint density at radius 1 is 1.48 bits per heavy atom. The lowest BCUT2D eigenvalue weighted by atomic mass is 10.0. The van der Waals surface area contributed by atoms with Gasteiger partial charge in [0, 0.05) is 29.7 Å². The van der Waals surface area contributed by atoms with E-state index in [0.29, 0.717) is 18.0 Å². The van der Waals surface area contributed by atoms with E-state index in [9.17, 15) is 4.79 Å². The second-order valence-electron chi connectivity index (χ2n) is 6.09. The first-order valence-corrected chi connectivity index (χ1v) is 8.21. The smallest absolute Gasteiger partial charge is 0.251 e. The molecular weight excluding hydrogens is 284 g/mol. The lowest BCUT2D eigenvalue weighted by Crippen LogP contribution is -2.29. The number of carbonyl (C=O) groups is 1. The zero-order valence-corrected chi connectivity index (χ0v) is 14.2. The molecule has 5 heteroatoms. The van der Waals surface area contributed by atoms with Gasteiger partial charge in [0.25, 0.3) is 5.91 Å². The van der Waals surface area contributed by atoms with Gasteiger partial charge in [0.2, 0.25) is 0 Å². The number of hydrogen-bond donors (Lipinski definition) is 2. The summed E-state index contributed by atoms with van der Waals surface area (Å²) in [7, 11) is 0. The molecule has 1 aromatic rings. The van der Waals surface area contributed by atoms with Gasteiger partial charge in [-0.25, -0.2) is 4.98 Å². The molecule has 0 spiro atoms. The highest BCUT2D eigenvalue weighted by atomic mass is 32.2. The predicted octanol–water partition coefficient (Wildman–Crippen LogP) is 3.11. The maximum absolute atomic E-state index is 12.2. The van der Waals surface area contributed by atoms with Crippen molar-refractivity contribution < 1.29 is 9.90 Å². The highest BCUT2D eigenvalue weighted by Crippen LogP contribution is 2.30. The summed E-state index contributed by atoms with van der Waals surface area (Å²) in [4.78, 5) is 16.5. The van der Waals surface area contributed by atoms with Crippen molar-refractivity contribution in [1.82, 2.24) is 10.3 Å². The van der Waals surface area contributed by atoms with Gasteiger partial charge in [-0.3, -0.25) is 4.79 Å². The summed E-state index contributed by atoms with van der Waals surface area (Å²) in [6.07, 6.45) is 3.34. The molecule has 2 N–H and O–H groups in total. The highest BCUT2D eigenvalue weighted by Gasteiger charge is 2.15. The van der Waals surface area contributed by atoms with Crippen LogP contribution in [0.3, 0.4) is 0 Å². The van der Waals surface area contributed by atoms with Crippen LogP contribution in [0.4, 0.5) is 0 Å². The number of aliphatic hydroxyl groups is 1. The maximum Gasteiger partial charge on any atom is 0.251 e. The molecule has 1 heterocycles. The maximum atomic E-state index is 12.2. The topological polar surface area (TPSA) is 62.2 Å². The number of carbonyl (C=O) groups excluding carboxylic acids is 1. The number of aromatic nitrogens is 1. The van der Waals surface area contributed by atoms with Crippen LogP contribution in [0.15, 0.2) is 23.4 Å². The molecule has 118 valence electrons. The fraction of sp³-hybridized carbons (Fsp3) is 0.625. The number of aliphatic hydroxyl groups excluding tert-OH is 1. The van der Waals surface area contributed by atoms with Crippen LogP contribution in [0.1, 0.15) is 50.9 Å². The average molecular weight is 310 g/mol. The first-order valence-electron chi connectivity index (χ1n) is 7.40. The molecule has 4 nitrogen and oxygen atoms in total. The summed E-state index contributed by atoms with van der Waals surface area (Å²) in [6.45, 7) is 9.18. The second-order valence-corrected chi connectivity index (χ2v) is 7.94. The minimum atomic E-state index is -0.0791. The number of rotatable bonds is 7. The SMILES string of the molecule is CCC(CCO)CNC(=O)c1ccnc(SC(C)(C)C)c1. The average Bonchev–Trinajstić information content (AvgIpc) is 2.41. The van der Waals surface area contributed by atoms with E-state index in [1.54, 1.807) is 24.0 Å². The first kappa shape index (κ1) is 18.0. The lowest BCUT2D eigenvalue weighted by molar-refractivity contribution is 0.0943. The Morgan fingerprint density at radius 3 is 2.76 bits per heavy atom. The van der Waals surface area contributed by atoms with Crippen molar-refractivity contribution in [2.24, 2.45) is 5.92 Å². The van der Waals surface area contributed by atoms with Gasteiger partial charge in [-0.1, -0.05) is 34.1 Å². The van der Waals surface area contributed by atoms with Crippen molar-refractivity contribution in [3.63, 3.8) is 0 Å². The number of pyridine rings is 1. The monoisotopic (exact) mass is 310 g/mol. The lowest BCUT2D eigenvalue weighted by Gasteiger charge is -2.17. The Bertz CT molecular complexity index is 458. The zero-order chi connectivity index (χ0) is 15.9. The third kappa shape index (κ3) is 6.96. The van der Waals surface area contributed by atoms with Gasteiger partial charge >= 0.3 is 0 Å². The summed E-state index contributed by atoms with van der Waals surface area (Å²) in [5, 5.41) is 12.8. The van der Waals surface area contributed by atoms with Gasteiger partial charge < -0.3 is 10.4 Å². The van der Waals surface area contributed by atoms with E-state index in [0.717, 1.165) is 17.9 Å². The molecule has 0 radical (unpaired) electrons. The standard InChI is InChI=1S/C16H26N2O2S/c1-5-12(7-9-19)11-18-15(20)13-6-8-17-14(10-13)21-16(2,3)4/h6,8,10,12,19H,5,7,9,11H2,1-4H3,(H,18,20). The molecule has 0 saturated carbocycles. The summed E-state index contributed by atoms with van der Waals surface area (Å²) in [6, 6.07) is 3.56. The molecule has 0 aromatic carbocycles. The Balaban J connectivity index is 2.64. The van der Waals surface area contributed by atoms with Crippen molar-refractivity contribution in [1.29, 1.82) is 0 Å². The molecule has 0 fully saturated rings. The minimum Gasteiger partial charge on any atom is -0.396 e. The van der Waals surface area contributed by atoms with Crippen LogP contribution in [0.25, 0.3) is 0 Å². The van der Waals surface area contributed by atoms with E-state index < -0.39 is 0 Å². The Kier molecular flexibility index (Phi) is 7.18. The third-order valence-corrected chi connectivity index (χ3v) is 4.12. The van der Waals surface area contributed by atoms with Gasteiger partial charge in [0.15, 0.2) is 0 Å². The summed E-state index contributed by atoms with van der Waals surface area (Å²) in [5.41, 5.74) is 0.635. The molecular formula is C16H26N2O2S. The fourth-order valence-corrected chi connectivity index (χ4v) is 2.82. The number of thioether (sulfide) groups is 1. The van der Waals surface area contributed by atoms with Crippen molar-refractivity contribution in [2.45, 2.75) is 50.3 Å². The first-order chi connectivity index (χ1) is 9.85. The van der Waals surface area contributed by atoms with Gasteiger partial charge in [-0.15, -0.1) is 11.8 Å². The molecule has 0 bridgehead atoms. The van der Waals surface area contributed by atoms with E-state index in [2.05, 4.69) is 38.0 Å². The Labute approximate surface area is 131 Å². The molecule has 0 aliphatic carbocycles. The van der Waals surface area contributed by atoms with Crippen LogP contribution in [0.2, 0.25) is 0 Å². The van der Waals surface area contributed by atoms with E-state index in [1.807, 2.05) is 6.07 Å². The molecule has 0 aliphatic rings.